The van der Waals surface area contributed by atoms with Crippen LogP contribution in [-0.4, -0.2) is 0 Å². The van der Waals surface area contributed by atoms with Crippen molar-refractivity contribution in [1.29, 1.82) is 0 Å². The Balaban J connectivity index is 1.32. The fourth-order valence-corrected chi connectivity index (χ4v) is 8.21. The Bertz CT molecular complexity index is 2430. The van der Waals surface area contributed by atoms with Crippen LogP contribution in [0.2, 0.25) is 0 Å². The van der Waals surface area contributed by atoms with Gasteiger partial charge in [-0.2, -0.15) is 0 Å². The molecule has 0 fully saturated rings. The maximum Gasteiger partial charge on any atom is 0.0547 e. The van der Waals surface area contributed by atoms with E-state index in [2.05, 4.69) is 193 Å². The highest BCUT2D eigenvalue weighted by Gasteiger charge is 2.21. The van der Waals surface area contributed by atoms with Crippen molar-refractivity contribution in [2.24, 2.45) is 0 Å². The zero-order chi connectivity index (χ0) is 31.9. The SMILES string of the molecule is c1ccc(-c2ccc(N(c3ccc(-c4ccccc4)cc3)c3cc4c5ccccc5sc4c4c(-c5ccccc5)cccc34)cc2)cc1. The lowest BCUT2D eigenvalue weighted by Gasteiger charge is -2.28. The molecule has 1 nitrogen and oxygen atoms in total. The quantitative estimate of drug-likeness (QED) is 0.177. The van der Waals surface area contributed by atoms with E-state index in [-0.39, 0.29) is 0 Å². The Labute approximate surface area is 284 Å². The van der Waals surface area contributed by atoms with Crippen LogP contribution in [0.5, 0.6) is 0 Å². The molecule has 8 aromatic carbocycles. The second-order valence-corrected chi connectivity index (χ2v) is 13.2. The van der Waals surface area contributed by atoms with E-state index in [0.717, 1.165) is 11.4 Å². The minimum atomic E-state index is 1.12. The fourth-order valence-electron chi connectivity index (χ4n) is 6.96. The highest BCUT2D eigenvalue weighted by molar-refractivity contribution is 7.26. The van der Waals surface area contributed by atoms with Gasteiger partial charge in [-0.25, -0.2) is 0 Å². The summed E-state index contributed by atoms with van der Waals surface area (Å²) in [5, 5.41) is 5.11. The summed E-state index contributed by atoms with van der Waals surface area (Å²) in [7, 11) is 0. The van der Waals surface area contributed by atoms with Gasteiger partial charge in [-0.1, -0.05) is 152 Å². The zero-order valence-corrected chi connectivity index (χ0v) is 27.1. The minimum absolute atomic E-state index is 1.12. The molecular weight excluding hydrogens is 599 g/mol. The van der Waals surface area contributed by atoms with E-state index in [1.165, 1.54) is 70.0 Å². The fraction of sp³-hybridized carbons (Fsp3) is 0. The van der Waals surface area contributed by atoms with Gasteiger partial charge in [0.05, 0.1) is 5.69 Å². The minimum Gasteiger partial charge on any atom is -0.310 e. The maximum atomic E-state index is 2.44. The summed E-state index contributed by atoms with van der Waals surface area (Å²) in [4.78, 5) is 2.44. The number of thiophene rings is 1. The topological polar surface area (TPSA) is 3.24 Å². The Hall–Kier alpha value is -5.96. The number of hydrogen-bond acceptors (Lipinski definition) is 2. The summed E-state index contributed by atoms with van der Waals surface area (Å²) < 4.78 is 2.63. The van der Waals surface area contributed by atoms with Gasteiger partial charge in [0.2, 0.25) is 0 Å². The van der Waals surface area contributed by atoms with Gasteiger partial charge in [0.15, 0.2) is 0 Å². The molecule has 0 saturated carbocycles. The van der Waals surface area contributed by atoms with Crippen molar-refractivity contribution in [3.05, 3.63) is 188 Å². The van der Waals surface area contributed by atoms with Gasteiger partial charge in [0.25, 0.3) is 0 Å². The maximum absolute atomic E-state index is 2.44. The molecule has 2 heteroatoms. The van der Waals surface area contributed by atoms with Crippen LogP contribution in [0.15, 0.2) is 188 Å². The van der Waals surface area contributed by atoms with Gasteiger partial charge < -0.3 is 4.90 Å². The van der Waals surface area contributed by atoms with Crippen molar-refractivity contribution in [3.8, 4) is 33.4 Å². The lowest BCUT2D eigenvalue weighted by molar-refractivity contribution is 1.30. The molecular formula is C46H31NS. The van der Waals surface area contributed by atoms with Crippen LogP contribution in [-0.2, 0) is 0 Å². The molecule has 9 rings (SSSR count). The van der Waals surface area contributed by atoms with Gasteiger partial charge in [-0.05, 0) is 69.8 Å². The highest BCUT2D eigenvalue weighted by atomic mass is 32.1. The standard InChI is InChI=1S/C46H31NS/c1-4-13-32(14-5-1)34-23-27-37(28-24-34)47(38-29-25-35(26-30-38)33-15-6-2-7-16-33)43-31-42-40-19-10-11-22-44(40)48-46(42)45-39(20-12-21-41(43)45)36-17-8-3-9-18-36/h1-31H. The predicted molar refractivity (Wildman–Crippen MR) is 208 cm³/mol. The number of fused-ring (bicyclic) bond motifs is 5. The molecule has 9 aromatic rings. The van der Waals surface area contributed by atoms with Crippen LogP contribution in [0.4, 0.5) is 17.1 Å². The van der Waals surface area contributed by atoms with Crippen LogP contribution in [0.25, 0.3) is 64.3 Å². The molecule has 0 spiro atoms. The number of nitrogens with zero attached hydrogens (tertiary/aromatic N) is 1. The van der Waals surface area contributed by atoms with Crippen molar-refractivity contribution in [1.82, 2.24) is 0 Å². The van der Waals surface area contributed by atoms with Gasteiger partial charge in [-0.15, -0.1) is 11.3 Å². The predicted octanol–water partition coefficient (Wildman–Crippen LogP) is 13.7. The van der Waals surface area contributed by atoms with E-state index in [1.807, 2.05) is 11.3 Å². The van der Waals surface area contributed by atoms with Crippen LogP contribution in [0.1, 0.15) is 0 Å². The van der Waals surface area contributed by atoms with E-state index in [9.17, 15) is 0 Å². The summed E-state index contributed by atoms with van der Waals surface area (Å²) in [6.07, 6.45) is 0. The molecule has 0 aliphatic heterocycles. The van der Waals surface area contributed by atoms with E-state index in [0.29, 0.717) is 0 Å². The molecule has 0 bridgehead atoms. The molecule has 226 valence electrons. The second-order valence-electron chi connectivity index (χ2n) is 12.1. The average Bonchev–Trinajstić information content (AvgIpc) is 3.55. The molecule has 0 radical (unpaired) electrons. The van der Waals surface area contributed by atoms with Crippen LogP contribution in [0, 0.1) is 0 Å². The Morgan fingerprint density at radius 1 is 0.354 bits per heavy atom. The number of anilines is 3. The molecule has 0 aliphatic carbocycles. The molecule has 0 N–H and O–H groups in total. The summed E-state index contributed by atoms with van der Waals surface area (Å²) in [5.74, 6) is 0. The van der Waals surface area contributed by atoms with Gasteiger partial charge in [-0.3, -0.25) is 0 Å². The molecule has 1 heterocycles. The third-order valence-corrected chi connectivity index (χ3v) is 10.5. The monoisotopic (exact) mass is 629 g/mol. The molecule has 0 saturated heterocycles. The van der Waals surface area contributed by atoms with Crippen LogP contribution < -0.4 is 4.90 Å². The van der Waals surface area contributed by atoms with E-state index in [4.69, 9.17) is 0 Å². The average molecular weight is 630 g/mol. The van der Waals surface area contributed by atoms with Gasteiger partial charge in [0, 0.05) is 42.3 Å². The highest BCUT2D eigenvalue weighted by Crippen LogP contribution is 2.49. The number of rotatable bonds is 6. The third-order valence-electron chi connectivity index (χ3n) is 9.27. The van der Waals surface area contributed by atoms with Crippen molar-refractivity contribution < 1.29 is 0 Å². The van der Waals surface area contributed by atoms with E-state index >= 15 is 0 Å². The second kappa shape index (κ2) is 12.0. The van der Waals surface area contributed by atoms with E-state index < -0.39 is 0 Å². The molecule has 0 amide bonds. The first-order valence-electron chi connectivity index (χ1n) is 16.4. The number of benzene rings is 8. The van der Waals surface area contributed by atoms with Gasteiger partial charge in [0.1, 0.15) is 0 Å². The molecule has 0 unspecified atom stereocenters. The summed E-state index contributed by atoms with van der Waals surface area (Å²) in [6.45, 7) is 0. The van der Waals surface area contributed by atoms with Crippen LogP contribution >= 0.6 is 11.3 Å². The smallest absolute Gasteiger partial charge is 0.0547 e. The third kappa shape index (κ3) is 4.95. The molecule has 48 heavy (non-hydrogen) atoms. The summed E-state index contributed by atoms with van der Waals surface area (Å²) >= 11 is 1.89. The van der Waals surface area contributed by atoms with Crippen LogP contribution in [0.3, 0.4) is 0 Å². The normalized spacial score (nSPS) is 11.3. The van der Waals surface area contributed by atoms with Crippen molar-refractivity contribution in [2.75, 3.05) is 4.90 Å². The van der Waals surface area contributed by atoms with Crippen molar-refractivity contribution in [3.63, 3.8) is 0 Å². The largest absolute Gasteiger partial charge is 0.310 e. The molecule has 0 atom stereocenters. The zero-order valence-electron chi connectivity index (χ0n) is 26.3. The first-order chi connectivity index (χ1) is 23.8. The first kappa shape index (κ1) is 28.3. The van der Waals surface area contributed by atoms with Crippen molar-refractivity contribution >= 4 is 59.3 Å². The first-order valence-corrected chi connectivity index (χ1v) is 17.2. The van der Waals surface area contributed by atoms with E-state index in [1.54, 1.807) is 0 Å². The lowest BCUT2D eigenvalue weighted by Crippen LogP contribution is -2.10. The molecule has 0 aliphatic rings. The van der Waals surface area contributed by atoms with Crippen molar-refractivity contribution in [2.45, 2.75) is 0 Å². The lowest BCUT2D eigenvalue weighted by atomic mass is 9.94. The molecule has 1 aromatic heterocycles. The Morgan fingerprint density at radius 3 is 1.42 bits per heavy atom. The summed E-state index contributed by atoms with van der Waals surface area (Å²) in [6, 6.07) is 68.0. The Kier molecular flexibility index (Phi) is 7.07. The number of hydrogen-bond donors (Lipinski definition) is 0. The summed E-state index contributed by atoms with van der Waals surface area (Å²) in [5.41, 5.74) is 10.7. The Morgan fingerprint density at radius 2 is 0.833 bits per heavy atom. The van der Waals surface area contributed by atoms with Gasteiger partial charge >= 0.3 is 0 Å².